The lowest BCUT2D eigenvalue weighted by molar-refractivity contribution is 0.481. The first-order chi connectivity index (χ1) is 10.0. The van der Waals surface area contributed by atoms with Crippen LogP contribution in [0.1, 0.15) is 23.6 Å². The van der Waals surface area contributed by atoms with Crippen LogP contribution in [0.3, 0.4) is 0 Å². The van der Waals surface area contributed by atoms with Gasteiger partial charge in [0.15, 0.2) is 0 Å². The molecule has 0 spiro atoms. The van der Waals surface area contributed by atoms with E-state index >= 15 is 0 Å². The lowest BCUT2D eigenvalue weighted by Gasteiger charge is -2.11. The van der Waals surface area contributed by atoms with E-state index < -0.39 is 0 Å². The summed E-state index contributed by atoms with van der Waals surface area (Å²) in [5.74, 6) is 1.61. The molecule has 1 N–H and O–H groups in total. The molecule has 0 aliphatic carbocycles. The fraction of sp³-hybridized carbons (Fsp3) is 0.294. The molecular weight excluding hydrogens is 350 g/mol. The van der Waals surface area contributed by atoms with Gasteiger partial charge in [0.2, 0.25) is 0 Å². The molecule has 2 nitrogen and oxygen atoms in total. The minimum atomic E-state index is 0.796. The Morgan fingerprint density at radius 2 is 1.76 bits per heavy atom. The van der Waals surface area contributed by atoms with E-state index in [0.717, 1.165) is 45.2 Å². The van der Waals surface area contributed by atoms with Crippen LogP contribution in [0.15, 0.2) is 34.8 Å². The molecule has 2 aromatic carbocycles. The highest BCUT2D eigenvalue weighted by atomic mass is 79.9. The second-order valence-electron chi connectivity index (χ2n) is 5.01. The first kappa shape index (κ1) is 16.3. The number of hydrogen-bond acceptors (Lipinski definition) is 2. The third kappa shape index (κ3) is 4.22. The average Bonchev–Trinajstić information content (AvgIpc) is 2.44. The van der Waals surface area contributed by atoms with Gasteiger partial charge in [-0.1, -0.05) is 40.5 Å². The summed E-state index contributed by atoms with van der Waals surface area (Å²) in [5, 5.41) is 4.11. The zero-order chi connectivity index (χ0) is 15.4. The van der Waals surface area contributed by atoms with E-state index in [0.29, 0.717) is 0 Å². The number of aryl methyl sites for hydroxylation is 2. The molecule has 4 heteroatoms. The van der Waals surface area contributed by atoms with E-state index in [9.17, 15) is 0 Å². The molecule has 112 valence electrons. The van der Waals surface area contributed by atoms with Crippen molar-refractivity contribution in [1.29, 1.82) is 0 Å². The van der Waals surface area contributed by atoms with Gasteiger partial charge in [0.25, 0.3) is 0 Å². The van der Waals surface area contributed by atoms with Crippen LogP contribution in [-0.4, -0.2) is 6.54 Å². The summed E-state index contributed by atoms with van der Waals surface area (Å²) >= 11 is 9.77. The van der Waals surface area contributed by atoms with E-state index in [4.69, 9.17) is 16.3 Å². The molecule has 0 aromatic heterocycles. The van der Waals surface area contributed by atoms with Gasteiger partial charge >= 0.3 is 0 Å². The number of hydrogen-bond donors (Lipinski definition) is 1. The third-order valence-electron chi connectivity index (χ3n) is 3.24. The van der Waals surface area contributed by atoms with Gasteiger partial charge in [-0.3, -0.25) is 0 Å². The van der Waals surface area contributed by atoms with E-state index in [2.05, 4.69) is 34.2 Å². The summed E-state index contributed by atoms with van der Waals surface area (Å²) < 4.78 is 6.97. The van der Waals surface area contributed by atoms with Crippen LogP contribution in [-0.2, 0) is 6.54 Å². The van der Waals surface area contributed by atoms with Crippen molar-refractivity contribution in [3.05, 3.63) is 56.5 Å². The molecule has 0 saturated carbocycles. The van der Waals surface area contributed by atoms with Gasteiger partial charge in [-0.25, -0.2) is 0 Å². The highest BCUT2D eigenvalue weighted by Gasteiger charge is 2.06. The van der Waals surface area contributed by atoms with Crippen molar-refractivity contribution in [2.24, 2.45) is 0 Å². The molecule has 0 radical (unpaired) electrons. The third-order valence-corrected chi connectivity index (χ3v) is 4.57. The second kappa shape index (κ2) is 7.30. The van der Waals surface area contributed by atoms with Crippen molar-refractivity contribution >= 4 is 27.5 Å². The van der Waals surface area contributed by atoms with Crippen LogP contribution in [0.4, 0.5) is 0 Å². The number of ether oxygens (including phenoxy) is 1. The van der Waals surface area contributed by atoms with Gasteiger partial charge in [0.05, 0.1) is 0 Å². The first-order valence-corrected chi connectivity index (χ1v) is 8.12. The van der Waals surface area contributed by atoms with Crippen molar-refractivity contribution in [2.75, 3.05) is 6.54 Å². The number of rotatable bonds is 5. The summed E-state index contributed by atoms with van der Waals surface area (Å²) in [6, 6.07) is 9.95. The molecule has 0 atom stereocenters. The van der Waals surface area contributed by atoms with E-state index in [1.165, 1.54) is 5.56 Å². The summed E-state index contributed by atoms with van der Waals surface area (Å²) in [6.07, 6.45) is 0. The van der Waals surface area contributed by atoms with Crippen LogP contribution in [0, 0.1) is 13.8 Å². The van der Waals surface area contributed by atoms with E-state index in [1.807, 2.05) is 38.1 Å². The predicted octanol–water partition coefficient (Wildman–Crippen LogP) is 5.62. The van der Waals surface area contributed by atoms with Gasteiger partial charge in [0, 0.05) is 16.0 Å². The van der Waals surface area contributed by atoms with Crippen LogP contribution < -0.4 is 10.1 Å². The van der Waals surface area contributed by atoms with Gasteiger partial charge in [-0.05, 0) is 61.3 Å². The Bertz CT molecular complexity index is 620. The Balaban J connectivity index is 2.18. The molecule has 2 rings (SSSR count). The maximum absolute atomic E-state index is 6.18. The SMILES string of the molecule is CCNCc1ccc(Oc2cc(C)c(Cl)c(C)c2)cc1Br. The minimum Gasteiger partial charge on any atom is -0.457 e. The smallest absolute Gasteiger partial charge is 0.128 e. The summed E-state index contributed by atoms with van der Waals surface area (Å²) in [4.78, 5) is 0. The van der Waals surface area contributed by atoms with Crippen LogP contribution in [0.25, 0.3) is 0 Å². The Morgan fingerprint density at radius 3 is 2.33 bits per heavy atom. The fourth-order valence-corrected chi connectivity index (χ4v) is 2.70. The first-order valence-electron chi connectivity index (χ1n) is 6.95. The number of benzene rings is 2. The molecule has 0 aliphatic rings. The zero-order valence-corrected chi connectivity index (χ0v) is 14.8. The molecule has 0 unspecified atom stereocenters. The molecule has 21 heavy (non-hydrogen) atoms. The Morgan fingerprint density at radius 1 is 1.10 bits per heavy atom. The zero-order valence-electron chi connectivity index (χ0n) is 12.5. The Kier molecular flexibility index (Phi) is 5.68. The van der Waals surface area contributed by atoms with E-state index in [-0.39, 0.29) is 0 Å². The van der Waals surface area contributed by atoms with Crippen LogP contribution in [0.2, 0.25) is 5.02 Å². The largest absolute Gasteiger partial charge is 0.457 e. The van der Waals surface area contributed by atoms with Crippen molar-refractivity contribution in [3.8, 4) is 11.5 Å². The van der Waals surface area contributed by atoms with Crippen LogP contribution >= 0.6 is 27.5 Å². The topological polar surface area (TPSA) is 21.3 Å². The minimum absolute atomic E-state index is 0.796. The van der Waals surface area contributed by atoms with Crippen molar-refractivity contribution in [2.45, 2.75) is 27.3 Å². The standard InChI is InChI=1S/C17H19BrClNO/c1-4-20-10-13-5-6-14(9-16(13)18)21-15-7-11(2)17(19)12(3)8-15/h5-9,20H,4,10H2,1-3H3. The number of nitrogens with one attached hydrogen (secondary N) is 1. The lowest BCUT2D eigenvalue weighted by atomic mass is 10.1. The molecule has 0 saturated heterocycles. The summed E-state index contributed by atoms with van der Waals surface area (Å²) in [7, 11) is 0. The van der Waals surface area contributed by atoms with E-state index in [1.54, 1.807) is 0 Å². The quantitative estimate of drug-likeness (QED) is 0.739. The van der Waals surface area contributed by atoms with Gasteiger partial charge < -0.3 is 10.1 Å². The monoisotopic (exact) mass is 367 g/mol. The molecule has 0 heterocycles. The molecule has 0 fully saturated rings. The maximum Gasteiger partial charge on any atom is 0.128 e. The van der Waals surface area contributed by atoms with Crippen molar-refractivity contribution in [3.63, 3.8) is 0 Å². The van der Waals surface area contributed by atoms with Crippen LogP contribution in [0.5, 0.6) is 11.5 Å². The molecule has 0 aliphatic heterocycles. The maximum atomic E-state index is 6.18. The molecular formula is C17H19BrClNO. The average molecular weight is 369 g/mol. The number of halogens is 2. The lowest BCUT2D eigenvalue weighted by Crippen LogP contribution is -2.11. The summed E-state index contributed by atoms with van der Waals surface area (Å²) in [5.41, 5.74) is 3.26. The van der Waals surface area contributed by atoms with Gasteiger partial charge in [0.1, 0.15) is 11.5 Å². The molecule has 2 aromatic rings. The highest BCUT2D eigenvalue weighted by molar-refractivity contribution is 9.10. The normalized spacial score (nSPS) is 10.7. The fourth-order valence-electron chi connectivity index (χ4n) is 2.10. The molecule has 0 bridgehead atoms. The highest BCUT2D eigenvalue weighted by Crippen LogP contribution is 2.31. The van der Waals surface area contributed by atoms with Crippen molar-refractivity contribution < 1.29 is 4.74 Å². The Labute approximate surface area is 139 Å². The molecule has 0 amide bonds. The van der Waals surface area contributed by atoms with Gasteiger partial charge in [-0.2, -0.15) is 0 Å². The Hall–Kier alpha value is -1.03. The van der Waals surface area contributed by atoms with Gasteiger partial charge in [-0.15, -0.1) is 0 Å². The second-order valence-corrected chi connectivity index (χ2v) is 6.24. The van der Waals surface area contributed by atoms with Crippen molar-refractivity contribution in [1.82, 2.24) is 5.32 Å². The predicted molar refractivity (Wildman–Crippen MR) is 92.5 cm³/mol. The summed E-state index contributed by atoms with van der Waals surface area (Å²) in [6.45, 7) is 7.86.